The smallest absolute Gasteiger partial charge is 0.317 e. The van der Waals surface area contributed by atoms with Crippen molar-refractivity contribution in [1.29, 1.82) is 0 Å². The van der Waals surface area contributed by atoms with Gasteiger partial charge in [0, 0.05) is 5.56 Å². The van der Waals surface area contributed by atoms with Gasteiger partial charge in [-0.2, -0.15) is 0 Å². The zero-order valence-electron chi connectivity index (χ0n) is 9.41. The summed E-state index contributed by atoms with van der Waals surface area (Å²) in [6.07, 6.45) is -0.498. The zero-order chi connectivity index (χ0) is 13.5. The maximum Gasteiger partial charge on any atom is 0.317 e. The molecule has 6 heteroatoms. The van der Waals surface area contributed by atoms with Gasteiger partial charge in [-0.15, -0.1) is 11.8 Å². The van der Waals surface area contributed by atoms with Crippen LogP contribution >= 0.6 is 11.8 Å². The van der Waals surface area contributed by atoms with Crippen molar-refractivity contribution in [2.24, 2.45) is 0 Å². The fraction of sp³-hybridized carbons (Fsp3) is 0.250. The van der Waals surface area contributed by atoms with Crippen molar-refractivity contribution < 1.29 is 24.6 Å². The Hall–Kier alpha value is -1.82. The third-order valence-electron chi connectivity index (χ3n) is 2.15. The Bertz CT molecular complexity index is 443. The summed E-state index contributed by atoms with van der Waals surface area (Å²) < 4.78 is 0. The van der Waals surface area contributed by atoms with Crippen molar-refractivity contribution >= 4 is 29.5 Å². The van der Waals surface area contributed by atoms with Crippen LogP contribution in [0.1, 0.15) is 16.8 Å². The van der Waals surface area contributed by atoms with E-state index in [9.17, 15) is 14.4 Å². The fourth-order valence-electron chi connectivity index (χ4n) is 1.26. The minimum absolute atomic E-state index is 0.0474. The molecule has 0 fully saturated rings. The number of rotatable bonds is 7. The SMILES string of the molecule is O=C(O)CC(SCC(=O)c1ccccc1)C(=O)O. The number of carbonyl (C=O) groups is 3. The standard InChI is InChI=1S/C12H12O5S/c13-9(8-4-2-1-3-5-8)7-18-10(12(16)17)6-11(14)15/h1-5,10H,6-7H2,(H,14,15)(H,16,17). The molecule has 0 saturated carbocycles. The van der Waals surface area contributed by atoms with Crippen molar-refractivity contribution in [3.63, 3.8) is 0 Å². The second-order valence-corrected chi connectivity index (χ2v) is 4.72. The van der Waals surface area contributed by atoms with Gasteiger partial charge in [0.05, 0.1) is 12.2 Å². The van der Waals surface area contributed by atoms with Gasteiger partial charge in [-0.25, -0.2) is 0 Å². The second-order valence-electron chi connectivity index (χ2n) is 3.52. The molecule has 0 bridgehead atoms. The van der Waals surface area contributed by atoms with E-state index in [4.69, 9.17) is 10.2 Å². The maximum absolute atomic E-state index is 11.7. The van der Waals surface area contributed by atoms with Crippen molar-refractivity contribution in [3.8, 4) is 0 Å². The minimum atomic E-state index is -1.22. The van der Waals surface area contributed by atoms with Crippen LogP contribution in [-0.2, 0) is 9.59 Å². The molecule has 0 aromatic heterocycles. The summed E-state index contributed by atoms with van der Waals surface area (Å²) in [5.41, 5.74) is 0.490. The number of carboxylic acid groups (broad SMARTS) is 2. The van der Waals surface area contributed by atoms with Crippen LogP contribution in [0.15, 0.2) is 30.3 Å². The van der Waals surface area contributed by atoms with E-state index >= 15 is 0 Å². The van der Waals surface area contributed by atoms with Crippen LogP contribution in [0.3, 0.4) is 0 Å². The Kier molecular flexibility index (Phi) is 5.38. The molecule has 18 heavy (non-hydrogen) atoms. The van der Waals surface area contributed by atoms with Crippen LogP contribution in [0.5, 0.6) is 0 Å². The highest BCUT2D eigenvalue weighted by Crippen LogP contribution is 2.17. The van der Waals surface area contributed by atoms with Gasteiger partial charge in [-0.3, -0.25) is 14.4 Å². The monoisotopic (exact) mass is 268 g/mol. The lowest BCUT2D eigenvalue weighted by molar-refractivity contribution is -0.142. The molecule has 0 saturated heterocycles. The number of benzene rings is 1. The molecule has 0 amide bonds. The predicted molar refractivity (Wildman–Crippen MR) is 66.9 cm³/mol. The van der Waals surface area contributed by atoms with E-state index in [-0.39, 0.29) is 11.5 Å². The molecule has 0 radical (unpaired) electrons. The molecule has 0 aliphatic rings. The summed E-state index contributed by atoms with van der Waals surface area (Å²) in [6, 6.07) is 8.47. The van der Waals surface area contributed by atoms with Crippen LogP contribution in [0.4, 0.5) is 0 Å². The Morgan fingerprint density at radius 3 is 2.22 bits per heavy atom. The quantitative estimate of drug-likeness (QED) is 0.729. The Balaban J connectivity index is 2.55. The van der Waals surface area contributed by atoms with Gasteiger partial charge in [0.15, 0.2) is 5.78 Å². The lowest BCUT2D eigenvalue weighted by atomic mass is 10.2. The van der Waals surface area contributed by atoms with Crippen molar-refractivity contribution in [2.45, 2.75) is 11.7 Å². The summed E-state index contributed by atoms with van der Waals surface area (Å²) in [4.78, 5) is 33.0. The molecule has 1 unspecified atom stereocenters. The first-order valence-corrected chi connectivity index (χ1v) is 6.20. The second kappa shape index (κ2) is 6.80. The molecule has 0 aliphatic heterocycles. The van der Waals surface area contributed by atoms with Crippen LogP contribution < -0.4 is 0 Å². The third-order valence-corrected chi connectivity index (χ3v) is 3.35. The normalized spacial score (nSPS) is 11.8. The van der Waals surface area contributed by atoms with E-state index in [1.165, 1.54) is 0 Å². The van der Waals surface area contributed by atoms with E-state index in [1.54, 1.807) is 30.3 Å². The summed E-state index contributed by atoms with van der Waals surface area (Å²) in [6.45, 7) is 0. The van der Waals surface area contributed by atoms with E-state index in [0.29, 0.717) is 5.56 Å². The number of carboxylic acids is 2. The molecule has 0 heterocycles. The van der Waals surface area contributed by atoms with Gasteiger partial charge in [0.25, 0.3) is 0 Å². The van der Waals surface area contributed by atoms with Gasteiger partial charge in [-0.1, -0.05) is 30.3 Å². The molecule has 1 atom stereocenters. The third kappa shape index (κ3) is 4.58. The van der Waals surface area contributed by atoms with Crippen molar-refractivity contribution in [1.82, 2.24) is 0 Å². The molecule has 1 aromatic carbocycles. The van der Waals surface area contributed by atoms with Gasteiger partial charge < -0.3 is 10.2 Å². The fourth-order valence-corrected chi connectivity index (χ4v) is 2.18. The van der Waals surface area contributed by atoms with E-state index in [1.807, 2.05) is 0 Å². The number of ketones is 1. The molecule has 1 aromatic rings. The number of carbonyl (C=O) groups excluding carboxylic acids is 1. The summed E-state index contributed by atoms with van der Waals surface area (Å²) in [5, 5.41) is 16.3. The predicted octanol–water partition coefficient (Wildman–Crippen LogP) is 1.53. The molecule has 0 aliphatic carbocycles. The van der Waals surface area contributed by atoms with Crippen LogP contribution in [-0.4, -0.2) is 38.9 Å². The Morgan fingerprint density at radius 2 is 1.72 bits per heavy atom. The highest BCUT2D eigenvalue weighted by molar-refractivity contribution is 8.01. The highest BCUT2D eigenvalue weighted by atomic mass is 32.2. The minimum Gasteiger partial charge on any atom is -0.481 e. The van der Waals surface area contributed by atoms with Crippen LogP contribution in [0.25, 0.3) is 0 Å². The first-order chi connectivity index (χ1) is 8.50. The molecule has 2 N–H and O–H groups in total. The number of hydrogen-bond acceptors (Lipinski definition) is 4. The summed E-state index contributed by atoms with van der Waals surface area (Å²) in [7, 11) is 0. The largest absolute Gasteiger partial charge is 0.481 e. The zero-order valence-corrected chi connectivity index (χ0v) is 10.2. The molecule has 96 valence electrons. The highest BCUT2D eigenvalue weighted by Gasteiger charge is 2.22. The molecule has 1 rings (SSSR count). The van der Waals surface area contributed by atoms with E-state index < -0.39 is 23.6 Å². The Morgan fingerprint density at radius 1 is 1.11 bits per heavy atom. The van der Waals surface area contributed by atoms with Crippen LogP contribution in [0.2, 0.25) is 0 Å². The lowest BCUT2D eigenvalue weighted by Crippen LogP contribution is -2.22. The lowest BCUT2D eigenvalue weighted by Gasteiger charge is -2.08. The average Bonchev–Trinajstić information content (AvgIpc) is 2.34. The number of hydrogen-bond donors (Lipinski definition) is 2. The van der Waals surface area contributed by atoms with Crippen LogP contribution in [0, 0.1) is 0 Å². The molecule has 5 nitrogen and oxygen atoms in total. The molecule has 0 spiro atoms. The maximum atomic E-state index is 11.7. The first-order valence-electron chi connectivity index (χ1n) is 5.15. The molecular weight excluding hydrogens is 256 g/mol. The number of aliphatic carboxylic acids is 2. The van der Waals surface area contributed by atoms with E-state index in [0.717, 1.165) is 11.8 Å². The first kappa shape index (κ1) is 14.2. The van der Waals surface area contributed by atoms with Gasteiger partial charge in [-0.05, 0) is 0 Å². The van der Waals surface area contributed by atoms with Crippen molar-refractivity contribution in [3.05, 3.63) is 35.9 Å². The topological polar surface area (TPSA) is 91.7 Å². The van der Waals surface area contributed by atoms with Crippen molar-refractivity contribution in [2.75, 3.05) is 5.75 Å². The van der Waals surface area contributed by atoms with Gasteiger partial charge in [0.1, 0.15) is 5.25 Å². The number of thioether (sulfide) groups is 1. The number of Topliss-reactive ketones (excluding diaryl/α,β-unsaturated/α-hetero) is 1. The summed E-state index contributed by atoms with van der Waals surface area (Å²) >= 11 is 0.831. The summed E-state index contributed by atoms with van der Waals surface area (Å²) in [5.74, 6) is -2.67. The van der Waals surface area contributed by atoms with Gasteiger partial charge in [0.2, 0.25) is 0 Å². The Labute approximate surface area is 108 Å². The van der Waals surface area contributed by atoms with E-state index in [2.05, 4.69) is 0 Å². The average molecular weight is 268 g/mol. The molecular formula is C12H12O5S. The van der Waals surface area contributed by atoms with Gasteiger partial charge >= 0.3 is 11.9 Å².